The summed E-state index contributed by atoms with van der Waals surface area (Å²) >= 11 is 0. The van der Waals surface area contributed by atoms with Crippen molar-refractivity contribution in [1.29, 1.82) is 0 Å². The van der Waals surface area contributed by atoms with E-state index in [1.165, 1.54) is 116 Å². The SMILES string of the molecule is C.C.C.C.C.C=C(C)C(=O)OC1(C)C2CC3CC(C2)CC1C3.C=C(C)C(=O)OC1(C)CCCC1.C=C(C)C(=O)OC1(CC)C2CC3CC(C2)CC1C3.C=C(C)C(=O)OC1(CC)CCCC1.C=C(C)C(=O)OC1C2CC3C(=O)OC1C3C2.C=C(C)C(=O)OC1CC2CC1C1CCCC21. The van der Waals surface area contributed by atoms with E-state index in [0.717, 1.165) is 99.2 Å². The van der Waals surface area contributed by atoms with Gasteiger partial charge in [0.25, 0.3) is 0 Å². The molecule has 0 aromatic heterocycles. The molecule has 1 aliphatic heterocycles. The highest BCUT2D eigenvalue weighted by Crippen LogP contribution is 2.63. The molecule has 1 heterocycles. The van der Waals surface area contributed by atoms with Gasteiger partial charge in [-0.25, -0.2) is 28.8 Å². The fourth-order valence-electron chi connectivity index (χ4n) is 20.7. The van der Waals surface area contributed by atoms with Crippen molar-refractivity contribution in [3.05, 3.63) is 72.9 Å². The molecule has 14 nitrogen and oxygen atoms in total. The molecule has 10 atom stereocenters. The van der Waals surface area contributed by atoms with Crippen LogP contribution in [0, 0.1) is 88.8 Å². The van der Waals surface area contributed by atoms with Crippen LogP contribution in [0.1, 0.15) is 280 Å². The van der Waals surface area contributed by atoms with E-state index in [0.29, 0.717) is 68.9 Å². The molecule has 15 saturated carbocycles. The quantitative estimate of drug-likeness (QED) is 0.0909. The summed E-state index contributed by atoms with van der Waals surface area (Å²) in [6.07, 6.45) is 31.8. The fourth-order valence-corrected chi connectivity index (χ4v) is 20.7. The predicted octanol–water partition coefficient (Wildman–Crippen LogP) is 19.5. The van der Waals surface area contributed by atoms with Crippen LogP contribution >= 0.6 is 0 Å². The number of esters is 7. The Labute approximate surface area is 587 Å². The second kappa shape index (κ2) is 34.4. The van der Waals surface area contributed by atoms with Gasteiger partial charge in [0.2, 0.25) is 0 Å². The van der Waals surface area contributed by atoms with Crippen molar-refractivity contribution >= 4 is 41.8 Å². The van der Waals surface area contributed by atoms with Gasteiger partial charge in [-0.15, -0.1) is 0 Å². The maximum atomic E-state index is 12.0. The van der Waals surface area contributed by atoms with Crippen molar-refractivity contribution in [1.82, 2.24) is 0 Å². The zero-order chi connectivity index (χ0) is 66.9. The van der Waals surface area contributed by atoms with Crippen LogP contribution in [-0.2, 0) is 66.7 Å². The average molecular weight is 1360 g/mol. The van der Waals surface area contributed by atoms with Crippen LogP contribution in [0.3, 0.4) is 0 Å². The molecule has 97 heavy (non-hydrogen) atoms. The summed E-state index contributed by atoms with van der Waals surface area (Å²) in [5.74, 6) is 8.53. The molecule has 15 aliphatic carbocycles. The molecular formula is C83H134O14. The summed E-state index contributed by atoms with van der Waals surface area (Å²) in [5.41, 5.74) is 2.23. The summed E-state index contributed by atoms with van der Waals surface area (Å²) < 4.78 is 38.8. The average Bonchev–Trinajstić information content (AvgIpc) is 0.777. The van der Waals surface area contributed by atoms with E-state index >= 15 is 0 Å². The Morgan fingerprint density at radius 3 is 1.30 bits per heavy atom. The van der Waals surface area contributed by atoms with Crippen LogP contribution in [0.15, 0.2) is 72.9 Å². The van der Waals surface area contributed by atoms with Crippen molar-refractivity contribution in [3.63, 3.8) is 0 Å². The molecule has 10 unspecified atom stereocenters. The lowest BCUT2D eigenvalue weighted by Crippen LogP contribution is -2.59. The maximum Gasteiger partial charge on any atom is 0.333 e. The minimum absolute atomic E-state index is 0. The monoisotopic (exact) mass is 1350 g/mol. The lowest BCUT2D eigenvalue weighted by molar-refractivity contribution is -0.207. The molecule has 0 aromatic carbocycles. The zero-order valence-electron chi connectivity index (χ0n) is 57.9. The highest BCUT2D eigenvalue weighted by atomic mass is 16.6. The molecule has 16 aliphatic rings. The number of carbonyl (C=O) groups excluding carboxylic acids is 7. The summed E-state index contributed by atoms with van der Waals surface area (Å²) in [7, 11) is 0. The van der Waals surface area contributed by atoms with Crippen LogP contribution in [0.4, 0.5) is 0 Å². The zero-order valence-corrected chi connectivity index (χ0v) is 57.9. The summed E-state index contributed by atoms with van der Waals surface area (Å²) in [4.78, 5) is 80.8. The van der Waals surface area contributed by atoms with Gasteiger partial charge in [0.05, 0.1) is 5.92 Å². The van der Waals surface area contributed by atoms with Crippen molar-refractivity contribution in [2.75, 3.05) is 0 Å². The van der Waals surface area contributed by atoms with E-state index in [4.69, 9.17) is 33.2 Å². The van der Waals surface area contributed by atoms with Crippen molar-refractivity contribution in [2.45, 2.75) is 320 Å². The number of rotatable bonds is 14. The first-order valence-electron chi connectivity index (χ1n) is 35.9. The Kier molecular flexibility index (Phi) is 29.8. The second-order valence-electron chi connectivity index (χ2n) is 32.1. The van der Waals surface area contributed by atoms with E-state index in [1.807, 2.05) is 6.92 Å². The number of carbonyl (C=O) groups is 7. The van der Waals surface area contributed by atoms with Gasteiger partial charge in [0.15, 0.2) is 0 Å². The van der Waals surface area contributed by atoms with Crippen LogP contribution < -0.4 is 0 Å². The standard InChI is InChI=1S/C16H24O2.C15H22O2.C14H20O2.C12H14O4.C11H18O2.C10H16O2.5CH4/c1-4-16(18-15(17)10(2)3)13-6-11-5-12(8-13)9-14(16)7-11;1-9(2)14(16)17-15(3)12-5-10-4-11(7-12)8-13(15)6-10;1-8(2)14(15)16-13-7-9-6-12(13)11-5-3-4-10(9)11;1-5(2)11(13)15-9-6-3-7-8(4-6)12(14)16-10(7)9;1-4-11(7-5-6-8-11)13-10(12)9(2)3;1-8(2)9(11)12-10(3)6-4-5-7-10;;;;;/h11-14H,2,4-9H2,1,3H3;10-13H,1,4-8H2,2-3H3;9-13H,1,3-7H2,2H3;6-10H,1,3-4H2,2H3;2,4-8H2,1,3H3;1,4-7H2,2-3H3;5*1H4. The Hall–Kier alpha value is -5.27. The van der Waals surface area contributed by atoms with Crippen LogP contribution in [0.5, 0.6) is 0 Å². The molecule has 0 N–H and O–H groups in total. The molecule has 16 fully saturated rings. The Morgan fingerprint density at radius 2 is 0.835 bits per heavy atom. The van der Waals surface area contributed by atoms with Gasteiger partial charge in [-0.1, -0.05) is 96.9 Å². The topological polar surface area (TPSA) is 184 Å². The smallest absolute Gasteiger partial charge is 0.333 e. The molecule has 0 amide bonds. The van der Waals surface area contributed by atoms with Gasteiger partial charge in [0.1, 0.15) is 40.7 Å². The van der Waals surface area contributed by atoms with E-state index in [2.05, 4.69) is 60.2 Å². The lowest BCUT2D eigenvalue weighted by Gasteiger charge is -2.60. The fraction of sp³-hybridized carbons (Fsp3) is 0.771. The third kappa shape index (κ3) is 18.5. The molecule has 0 spiro atoms. The predicted molar refractivity (Wildman–Crippen MR) is 387 cm³/mol. The van der Waals surface area contributed by atoms with Crippen LogP contribution in [0.2, 0.25) is 0 Å². The highest BCUT2D eigenvalue weighted by Gasteiger charge is 2.64. The summed E-state index contributed by atoms with van der Waals surface area (Å²) in [5, 5.41) is 0. The first kappa shape index (κ1) is 84.1. The van der Waals surface area contributed by atoms with Crippen LogP contribution in [-0.4, -0.2) is 82.5 Å². The maximum absolute atomic E-state index is 12.0. The molecule has 14 heteroatoms. The van der Waals surface area contributed by atoms with Crippen LogP contribution in [0.25, 0.3) is 0 Å². The molecule has 12 bridgehead atoms. The highest BCUT2D eigenvalue weighted by molar-refractivity contribution is 5.89. The largest absolute Gasteiger partial charge is 0.459 e. The number of fused-ring (bicyclic) bond motifs is 6. The molecule has 0 aromatic rings. The van der Waals surface area contributed by atoms with Gasteiger partial charge in [-0.2, -0.15) is 0 Å². The third-order valence-electron chi connectivity index (χ3n) is 25.3. The Balaban J connectivity index is 0.000000246. The summed E-state index contributed by atoms with van der Waals surface area (Å²) in [6.45, 7) is 40.4. The summed E-state index contributed by atoms with van der Waals surface area (Å²) in [6, 6.07) is 0. The molecule has 0 radical (unpaired) electrons. The minimum atomic E-state index is -0.378. The van der Waals surface area contributed by atoms with E-state index < -0.39 is 0 Å². The first-order valence-corrected chi connectivity index (χ1v) is 35.9. The van der Waals surface area contributed by atoms with Crippen molar-refractivity contribution in [2.24, 2.45) is 88.8 Å². The minimum Gasteiger partial charge on any atom is -0.459 e. The molecule has 16 rings (SSSR count). The number of hydrogen-bond acceptors (Lipinski definition) is 14. The molecular weight excluding hydrogens is 1220 g/mol. The van der Waals surface area contributed by atoms with Crippen molar-refractivity contribution < 1.29 is 66.7 Å². The van der Waals surface area contributed by atoms with Crippen molar-refractivity contribution in [3.8, 4) is 0 Å². The molecule has 550 valence electrons. The van der Waals surface area contributed by atoms with Gasteiger partial charge >= 0.3 is 41.8 Å². The normalized spacial score (nSPS) is 36.2. The Bertz CT molecular complexity index is 2800. The lowest BCUT2D eigenvalue weighted by atomic mass is 9.49. The van der Waals surface area contributed by atoms with Gasteiger partial charge < -0.3 is 33.2 Å². The van der Waals surface area contributed by atoms with E-state index in [9.17, 15) is 33.6 Å². The van der Waals surface area contributed by atoms with Gasteiger partial charge in [-0.3, -0.25) is 4.79 Å². The second-order valence-corrected chi connectivity index (χ2v) is 32.1. The van der Waals surface area contributed by atoms with Gasteiger partial charge in [-0.05, 0) is 293 Å². The van der Waals surface area contributed by atoms with E-state index in [1.54, 1.807) is 41.5 Å². The number of ether oxygens (including phenoxy) is 7. The first-order chi connectivity index (χ1) is 43.4. The third-order valence-corrected chi connectivity index (χ3v) is 25.3. The van der Waals surface area contributed by atoms with E-state index in [-0.39, 0.29) is 131 Å². The Morgan fingerprint density at radius 1 is 0.423 bits per heavy atom. The molecule has 1 saturated heterocycles. The number of hydrogen-bond donors (Lipinski definition) is 0. The van der Waals surface area contributed by atoms with Gasteiger partial charge in [0, 0.05) is 45.3 Å².